The Morgan fingerprint density at radius 2 is 1.04 bits per heavy atom. The molecule has 8 aliphatic rings. The second-order valence-corrected chi connectivity index (χ2v) is 28.3. The second-order valence-electron chi connectivity index (χ2n) is 28.3. The van der Waals surface area contributed by atoms with E-state index in [4.69, 9.17) is 33.4 Å². The normalized spacial score (nSPS) is 25.1. The first kappa shape index (κ1) is 80.6. The van der Waals surface area contributed by atoms with Crippen LogP contribution in [0.5, 0.6) is 0 Å². The summed E-state index contributed by atoms with van der Waals surface area (Å²) in [6.07, 6.45) is 5.24. The smallest absolute Gasteiger partial charge is 0.408 e. The van der Waals surface area contributed by atoms with Crippen molar-refractivity contribution >= 4 is 76.2 Å². The summed E-state index contributed by atoms with van der Waals surface area (Å²) in [5.41, 5.74) is -3.37. The number of rotatable bonds is 29. The molecule has 0 aromatic rings. The van der Waals surface area contributed by atoms with Gasteiger partial charge in [0.05, 0.1) is 51.6 Å². The largest absolute Gasteiger partial charge is 0.444 e. The van der Waals surface area contributed by atoms with Crippen LogP contribution < -0.4 is 21.3 Å². The number of carbonyl (C=O) groups is 11. The number of carbonyl (C=O) groups excluding carboxylic acids is 11. The van der Waals surface area contributed by atoms with Crippen LogP contribution in [0.4, 0.5) is 9.59 Å². The van der Waals surface area contributed by atoms with Gasteiger partial charge >= 0.3 is 12.2 Å². The molecule has 529 valence electrons. The van der Waals surface area contributed by atoms with Gasteiger partial charge in [0.15, 0.2) is 34.3 Å². The fraction of sp³-hybridized carbons (Fsp3) is 0.791. The van der Waals surface area contributed by atoms with Crippen LogP contribution in [0.15, 0.2) is 10.3 Å². The molecular formula is C67H107N8O18V-. The number of amides is 6. The van der Waals surface area contributed by atoms with Crippen molar-refractivity contribution in [2.75, 3.05) is 59.7 Å². The number of Topliss-reactive ketones (excluding diaryl/α,β-unsaturated/α-hetero) is 5. The summed E-state index contributed by atoms with van der Waals surface area (Å²) in [6.45, 7) is 20.6. The summed E-state index contributed by atoms with van der Waals surface area (Å²) in [4.78, 5) is 161. The summed E-state index contributed by atoms with van der Waals surface area (Å²) in [7, 11) is 1.51. The topological polar surface area (TPSA) is 332 Å². The maximum Gasteiger partial charge on any atom is 0.408 e. The minimum Gasteiger partial charge on any atom is -0.444 e. The van der Waals surface area contributed by atoms with Crippen molar-refractivity contribution in [3.05, 3.63) is 7.43 Å². The van der Waals surface area contributed by atoms with Gasteiger partial charge in [-0.2, -0.15) is 0 Å². The van der Waals surface area contributed by atoms with E-state index in [0.717, 1.165) is 32.1 Å². The van der Waals surface area contributed by atoms with Gasteiger partial charge in [-0.25, -0.2) is 9.59 Å². The number of ketones is 5. The number of hydrogen-bond acceptors (Lipinski definition) is 20. The van der Waals surface area contributed by atoms with Crippen LogP contribution in [0.2, 0.25) is 0 Å². The van der Waals surface area contributed by atoms with E-state index < -0.39 is 112 Å². The van der Waals surface area contributed by atoms with Gasteiger partial charge in [0.25, 0.3) is 11.8 Å². The molecule has 6 amide bonds. The van der Waals surface area contributed by atoms with Gasteiger partial charge in [0.2, 0.25) is 17.6 Å². The number of methoxy groups -OCH3 is 1. The molecule has 11 atom stereocenters. The molecule has 2 unspecified atom stereocenters. The number of likely N-dealkylation sites (tertiary alicyclic amines) is 2. The molecule has 2 saturated carbocycles. The van der Waals surface area contributed by atoms with Crippen LogP contribution >= 0.6 is 0 Å². The first-order chi connectivity index (χ1) is 43.1. The third kappa shape index (κ3) is 21.6. The summed E-state index contributed by atoms with van der Waals surface area (Å²) >= 11 is 0. The van der Waals surface area contributed by atoms with Crippen molar-refractivity contribution in [1.82, 2.24) is 31.1 Å². The van der Waals surface area contributed by atoms with Gasteiger partial charge in [-0.3, -0.25) is 43.2 Å². The van der Waals surface area contributed by atoms with E-state index >= 15 is 0 Å². The third-order valence-electron chi connectivity index (χ3n) is 18.3. The van der Waals surface area contributed by atoms with E-state index in [9.17, 15) is 52.7 Å². The fourth-order valence-corrected chi connectivity index (χ4v) is 13.0. The van der Waals surface area contributed by atoms with E-state index in [1.165, 1.54) is 16.9 Å². The van der Waals surface area contributed by atoms with Crippen LogP contribution in [0.25, 0.3) is 0 Å². The van der Waals surface area contributed by atoms with Crippen molar-refractivity contribution in [2.24, 2.45) is 44.8 Å². The molecule has 26 nitrogen and oxygen atoms in total. The molecule has 4 N–H and O–H groups in total. The first-order valence-corrected chi connectivity index (χ1v) is 33.0. The summed E-state index contributed by atoms with van der Waals surface area (Å²) in [5, 5.41) is 18.9. The molecule has 27 heteroatoms. The van der Waals surface area contributed by atoms with Gasteiger partial charge in [0.1, 0.15) is 41.8 Å². The number of nitrogens with zero attached hydrogens (tertiary/aromatic N) is 4. The number of hydrogen-bond donors (Lipinski definition) is 4. The zero-order valence-electron chi connectivity index (χ0n) is 56.8. The average Bonchev–Trinajstić information content (AvgIpc) is 1.60. The molecule has 0 aromatic heterocycles. The zero-order valence-corrected chi connectivity index (χ0v) is 58.2. The van der Waals surface area contributed by atoms with Gasteiger partial charge < -0.3 is 71.9 Å². The van der Waals surface area contributed by atoms with E-state index in [1.807, 2.05) is 34.6 Å². The van der Waals surface area contributed by atoms with Gasteiger partial charge in [0, 0.05) is 109 Å². The van der Waals surface area contributed by atoms with Crippen molar-refractivity contribution in [3.8, 4) is 0 Å². The van der Waals surface area contributed by atoms with E-state index in [2.05, 4.69) is 31.6 Å². The van der Waals surface area contributed by atoms with Crippen LogP contribution in [-0.2, 0) is 95.1 Å². The molecule has 0 aromatic carbocycles. The number of oxime groups is 2. The standard InChI is InChI=1S/C33H52N4O9.C32H48N4O9.CH4.CH3.V/c1-7-9-21(27(43-6)26(39)14-20-10-11-20)15-25(38)24-17-33(16-23(36-46-33)29(40)34-8-2)19-37(24)30(41)28(32(3,4)5)35-31(42)45-22-12-13-44-18-22;1-6-8-20(26(39)25(38)13-19-9-10-19)14-24(37)23-16-32(15-22(35-45-32)28(40)33-7-2)18-36(23)29(41)27(31(3,4)5)34-30(42)44-21-11-12-43-17-21;;;/h20-22,24,27-28H,7-19H2,1-6H3,(H,34,40)(H,35,42);19-21,23,27H,6-18H2,1-5H3,(H,33,40)(H,34,42);1H4;1H3;/q;;;-1;/t21-,22+,24+,27?,28-,33?;20-,21+,23+,27-,32-;;;/m11.../s1. The molecule has 94 heavy (non-hydrogen) atoms. The maximum absolute atomic E-state index is 14.4. The number of nitrogens with one attached hydrogen (secondary N) is 4. The van der Waals surface area contributed by atoms with Gasteiger partial charge in [-0.15, -0.1) is 0 Å². The van der Waals surface area contributed by atoms with Crippen molar-refractivity contribution in [2.45, 2.75) is 246 Å². The molecule has 2 spiro atoms. The van der Waals surface area contributed by atoms with Crippen LogP contribution in [0.1, 0.15) is 192 Å². The summed E-state index contributed by atoms with van der Waals surface area (Å²) in [5.74, 6) is -3.80. The van der Waals surface area contributed by atoms with Gasteiger partial charge in [-0.1, -0.05) is 86.0 Å². The van der Waals surface area contributed by atoms with Crippen LogP contribution in [0, 0.1) is 41.9 Å². The summed E-state index contributed by atoms with van der Waals surface area (Å²) < 4.78 is 27.3. The van der Waals surface area contributed by atoms with Crippen molar-refractivity contribution in [3.63, 3.8) is 0 Å². The first-order valence-electron chi connectivity index (χ1n) is 33.0. The fourth-order valence-electron chi connectivity index (χ4n) is 13.0. The summed E-state index contributed by atoms with van der Waals surface area (Å²) in [6, 6.07) is -4.04. The molecule has 0 bridgehead atoms. The minimum absolute atomic E-state index is 0. The molecular weight excluding hydrogens is 1260 g/mol. The molecule has 6 aliphatic heterocycles. The van der Waals surface area contributed by atoms with Crippen LogP contribution in [0.3, 0.4) is 0 Å². The Balaban J connectivity index is 0.000000388. The van der Waals surface area contributed by atoms with Crippen molar-refractivity contribution in [1.29, 1.82) is 0 Å². The Morgan fingerprint density at radius 3 is 1.41 bits per heavy atom. The zero-order chi connectivity index (χ0) is 66.6. The predicted molar refractivity (Wildman–Crippen MR) is 343 cm³/mol. The molecule has 2 aliphatic carbocycles. The van der Waals surface area contributed by atoms with Crippen molar-refractivity contribution < 1.29 is 105 Å². The SMILES string of the molecule is C.CCC[C@H](CC(=O)[C@@H]1CC2(CC(C(=O)NCC)=NO2)CN1C(=O)[C@@H](NC(=O)O[C@H]1CCOC1)C(C)(C)C)C(OC)C(=O)CC1CC1.CCC[C@H](CC(=O)[C@@H]1C[C@]2(CC(C(=O)NCC)=NO2)CN1C(=O)[C@@H](NC(=O)O[C@H]1CCOC1)C(C)(C)C)C(=O)C(=O)CC1CC1.[CH3-].[V]. The molecule has 8 rings (SSSR count). The Bertz CT molecular complexity index is 2750. The minimum atomic E-state index is -1.13. The Hall–Kier alpha value is -5.83. The maximum atomic E-state index is 14.4. The van der Waals surface area contributed by atoms with E-state index in [-0.39, 0.29) is 145 Å². The van der Waals surface area contributed by atoms with E-state index in [0.29, 0.717) is 77.4 Å². The third-order valence-corrected chi connectivity index (χ3v) is 18.3. The molecule has 6 heterocycles. The van der Waals surface area contributed by atoms with E-state index in [1.54, 1.807) is 34.6 Å². The average molecular weight is 1360 g/mol. The quantitative estimate of drug-likeness (QED) is 0.0459. The Kier molecular flexibility index (Phi) is 30.4. The Labute approximate surface area is 567 Å². The Morgan fingerprint density at radius 1 is 0.617 bits per heavy atom. The molecule has 4 saturated heterocycles. The monoisotopic (exact) mass is 1360 g/mol. The molecule has 6 fully saturated rings. The molecule has 1 radical (unpaired) electrons. The second kappa shape index (κ2) is 35.4. The predicted octanol–water partition coefficient (Wildman–Crippen LogP) is 6.49. The van der Waals surface area contributed by atoms with Gasteiger partial charge in [-0.05, 0) is 81.0 Å². The number of ether oxygens (including phenoxy) is 5. The van der Waals surface area contributed by atoms with Crippen LogP contribution in [-0.4, -0.2) is 199 Å². The number of alkyl carbamates (subject to hydrolysis) is 2.